The second-order valence-corrected chi connectivity index (χ2v) is 11.3. The molecule has 0 saturated carbocycles. The molecule has 3 N–H and O–H groups in total. The Hall–Kier alpha value is -2.73. The van der Waals surface area contributed by atoms with Crippen molar-refractivity contribution in [1.82, 2.24) is 0 Å². The van der Waals surface area contributed by atoms with Crippen LogP contribution in [0.3, 0.4) is 0 Å². The Morgan fingerprint density at radius 2 is 1.74 bits per heavy atom. The Kier molecular flexibility index (Phi) is 8.65. The van der Waals surface area contributed by atoms with E-state index >= 15 is 0 Å². The highest BCUT2D eigenvalue weighted by Gasteiger charge is 2.23. The number of rotatable bonds is 8. The number of nitrogens with two attached hydrogens (primary N) is 1. The lowest BCUT2D eigenvalue weighted by Gasteiger charge is -2.20. The molecular formula is C26H35N3O4S. The number of carbonyl (C=O) groups excluding carboxylic acids is 1. The fourth-order valence-electron chi connectivity index (χ4n) is 3.86. The molecule has 0 heterocycles. The van der Waals surface area contributed by atoms with E-state index in [2.05, 4.69) is 10.4 Å². The van der Waals surface area contributed by atoms with Crippen LogP contribution < -0.4 is 9.88 Å². The predicted molar refractivity (Wildman–Crippen MR) is 134 cm³/mol. The van der Waals surface area contributed by atoms with Crippen molar-refractivity contribution in [3.05, 3.63) is 58.1 Å². The first kappa shape index (κ1) is 27.5. The number of nitrogens with zero attached hydrogens (tertiary/aromatic N) is 2. The molecule has 7 nitrogen and oxygen atoms in total. The van der Waals surface area contributed by atoms with Crippen LogP contribution in [-0.4, -0.2) is 22.3 Å². The summed E-state index contributed by atoms with van der Waals surface area (Å²) in [5.41, 5.74) is 2.92. The smallest absolute Gasteiger partial charge is 0.255 e. The Balaban J connectivity index is 2.45. The standard InChI is InChI=1S/C26H35N3O4S/c1-16(2)21-12-18(15-27)13-22(17(3)4)20(21)9-11-25(30)29-34(28,32)24-14-19(26(5,6)31)8-10-23(24)33-7/h8,10,12-14,16-17,31H,9,11H2,1-7H3,(H2,28,29,30,32). The van der Waals surface area contributed by atoms with E-state index in [-0.39, 0.29) is 28.9 Å². The molecule has 0 aliphatic carbocycles. The van der Waals surface area contributed by atoms with Gasteiger partial charge in [-0.1, -0.05) is 33.8 Å². The van der Waals surface area contributed by atoms with Crippen LogP contribution in [0.5, 0.6) is 5.75 Å². The summed E-state index contributed by atoms with van der Waals surface area (Å²) in [7, 11) is -2.20. The highest BCUT2D eigenvalue weighted by Crippen LogP contribution is 2.32. The average Bonchev–Trinajstić information content (AvgIpc) is 2.75. The molecule has 0 radical (unpaired) electrons. The fourth-order valence-corrected chi connectivity index (χ4v) is 5.09. The topological polar surface area (TPSA) is 126 Å². The normalized spacial score (nSPS) is 13.5. The van der Waals surface area contributed by atoms with Crippen molar-refractivity contribution in [2.75, 3.05) is 7.11 Å². The molecule has 1 unspecified atom stereocenters. The fraction of sp³-hybridized carbons (Fsp3) is 0.462. The third-order valence-electron chi connectivity index (χ3n) is 5.70. The van der Waals surface area contributed by atoms with Gasteiger partial charge in [-0.15, -0.1) is 4.36 Å². The van der Waals surface area contributed by atoms with Gasteiger partial charge in [-0.25, -0.2) is 9.35 Å². The molecule has 1 amide bonds. The number of carbonyl (C=O) groups is 1. The van der Waals surface area contributed by atoms with Crippen LogP contribution in [0, 0.1) is 11.3 Å². The number of aliphatic hydroxyl groups is 1. The molecule has 0 aliphatic heterocycles. The van der Waals surface area contributed by atoms with Gasteiger partial charge in [-0.3, -0.25) is 4.79 Å². The minimum atomic E-state index is -3.61. The number of hydrogen-bond acceptors (Lipinski definition) is 5. The van der Waals surface area contributed by atoms with E-state index in [4.69, 9.17) is 9.88 Å². The molecule has 2 aromatic carbocycles. The van der Waals surface area contributed by atoms with Crippen LogP contribution in [0.15, 0.2) is 39.6 Å². The van der Waals surface area contributed by atoms with E-state index < -0.39 is 21.4 Å². The Bertz CT molecular complexity index is 1200. The first-order chi connectivity index (χ1) is 15.7. The van der Waals surface area contributed by atoms with Crippen molar-refractivity contribution in [2.24, 2.45) is 9.50 Å². The van der Waals surface area contributed by atoms with E-state index in [0.717, 1.165) is 16.7 Å². The zero-order valence-electron chi connectivity index (χ0n) is 21.0. The number of hydrogen-bond donors (Lipinski definition) is 2. The summed E-state index contributed by atoms with van der Waals surface area (Å²) in [5, 5.41) is 25.8. The van der Waals surface area contributed by atoms with E-state index in [1.54, 1.807) is 26.0 Å². The predicted octanol–water partition coefficient (Wildman–Crippen LogP) is 4.90. The molecule has 0 spiro atoms. The molecule has 2 rings (SSSR count). The van der Waals surface area contributed by atoms with Gasteiger partial charge in [0.2, 0.25) is 0 Å². The molecular weight excluding hydrogens is 450 g/mol. The van der Waals surface area contributed by atoms with Gasteiger partial charge >= 0.3 is 0 Å². The van der Waals surface area contributed by atoms with Crippen LogP contribution in [0.25, 0.3) is 0 Å². The van der Waals surface area contributed by atoms with E-state index in [9.17, 15) is 19.4 Å². The molecule has 8 heteroatoms. The number of ether oxygens (including phenoxy) is 1. The summed E-state index contributed by atoms with van der Waals surface area (Å²) < 4.78 is 22.4. The van der Waals surface area contributed by atoms with Crippen LogP contribution >= 0.6 is 0 Å². The molecule has 0 aliphatic rings. The maximum absolute atomic E-state index is 13.3. The maximum Gasteiger partial charge on any atom is 0.255 e. The first-order valence-electron chi connectivity index (χ1n) is 11.3. The van der Waals surface area contributed by atoms with Gasteiger partial charge in [-0.05, 0) is 78.6 Å². The van der Waals surface area contributed by atoms with Crippen LogP contribution in [-0.2, 0) is 26.7 Å². The highest BCUT2D eigenvalue weighted by atomic mass is 32.2. The summed E-state index contributed by atoms with van der Waals surface area (Å²) in [5.74, 6) is -0.0221. The summed E-state index contributed by atoms with van der Waals surface area (Å²) >= 11 is 0. The zero-order valence-corrected chi connectivity index (χ0v) is 21.8. The van der Waals surface area contributed by atoms with Crippen molar-refractivity contribution >= 4 is 15.8 Å². The van der Waals surface area contributed by atoms with E-state index in [1.807, 2.05) is 39.8 Å². The number of nitriles is 1. The third-order valence-corrected chi connectivity index (χ3v) is 7.13. The van der Waals surface area contributed by atoms with Crippen molar-refractivity contribution in [3.8, 4) is 11.8 Å². The summed E-state index contributed by atoms with van der Waals surface area (Å²) in [4.78, 5) is 12.9. The van der Waals surface area contributed by atoms with Gasteiger partial charge in [0.15, 0.2) is 0 Å². The van der Waals surface area contributed by atoms with Crippen molar-refractivity contribution in [1.29, 1.82) is 5.26 Å². The minimum absolute atomic E-state index is 0.0209. The summed E-state index contributed by atoms with van der Waals surface area (Å²) in [6.07, 6.45) is 0.415. The van der Waals surface area contributed by atoms with E-state index in [1.165, 1.54) is 13.2 Å². The van der Waals surface area contributed by atoms with Gasteiger partial charge in [0.25, 0.3) is 5.91 Å². The number of methoxy groups -OCH3 is 1. The highest BCUT2D eigenvalue weighted by molar-refractivity contribution is 7.91. The van der Waals surface area contributed by atoms with Gasteiger partial charge in [0, 0.05) is 6.42 Å². The molecule has 184 valence electrons. The number of benzene rings is 2. The van der Waals surface area contributed by atoms with E-state index in [0.29, 0.717) is 17.5 Å². The van der Waals surface area contributed by atoms with Gasteiger partial charge in [0.1, 0.15) is 20.6 Å². The molecule has 0 fully saturated rings. The lowest BCUT2D eigenvalue weighted by molar-refractivity contribution is -0.117. The molecule has 0 aromatic heterocycles. The summed E-state index contributed by atoms with van der Waals surface area (Å²) in [6.45, 7) is 11.4. The Morgan fingerprint density at radius 3 is 2.18 bits per heavy atom. The van der Waals surface area contributed by atoms with Gasteiger partial charge < -0.3 is 9.84 Å². The second kappa shape index (κ2) is 10.7. The quantitative estimate of drug-likeness (QED) is 0.550. The SMILES string of the molecule is COc1ccc(C(C)(C)O)cc1S(N)(=O)=NC(=O)CCc1c(C(C)C)cc(C#N)cc1C(C)C. The minimum Gasteiger partial charge on any atom is -0.495 e. The molecule has 1 atom stereocenters. The average molecular weight is 486 g/mol. The largest absolute Gasteiger partial charge is 0.495 e. The molecule has 0 bridgehead atoms. The monoisotopic (exact) mass is 485 g/mol. The lowest BCUT2D eigenvalue weighted by atomic mass is 9.85. The second-order valence-electron chi connectivity index (χ2n) is 9.53. The zero-order chi connectivity index (χ0) is 25.8. The maximum atomic E-state index is 13.3. The Labute approximate surface area is 203 Å². The van der Waals surface area contributed by atoms with Gasteiger partial charge in [-0.2, -0.15) is 5.26 Å². The van der Waals surface area contributed by atoms with Crippen LogP contribution in [0.2, 0.25) is 0 Å². The molecule has 34 heavy (non-hydrogen) atoms. The van der Waals surface area contributed by atoms with Crippen molar-refractivity contribution in [2.45, 2.75) is 76.7 Å². The third kappa shape index (κ3) is 6.44. The first-order valence-corrected chi connectivity index (χ1v) is 12.8. The Morgan fingerprint density at radius 1 is 1.18 bits per heavy atom. The van der Waals surface area contributed by atoms with Crippen molar-refractivity contribution < 1.29 is 18.8 Å². The van der Waals surface area contributed by atoms with Crippen LogP contribution in [0.4, 0.5) is 0 Å². The molecule has 0 saturated heterocycles. The molecule has 2 aromatic rings. The number of amides is 1. The summed E-state index contributed by atoms with van der Waals surface area (Å²) in [6, 6.07) is 10.6. The van der Waals surface area contributed by atoms with Gasteiger partial charge in [0.05, 0.1) is 24.3 Å². The van der Waals surface area contributed by atoms with Crippen molar-refractivity contribution in [3.63, 3.8) is 0 Å². The lowest BCUT2D eigenvalue weighted by Crippen LogP contribution is -2.20. The van der Waals surface area contributed by atoms with Crippen LogP contribution in [0.1, 0.15) is 87.6 Å².